The number of nitrogens with zero attached hydrogens (tertiary/aromatic N) is 2. The Morgan fingerprint density at radius 3 is 2.23 bits per heavy atom. The first-order valence-electron chi connectivity index (χ1n) is 13.5. The van der Waals surface area contributed by atoms with Crippen molar-refractivity contribution >= 4 is 32.6 Å². The van der Waals surface area contributed by atoms with Gasteiger partial charge in [0.1, 0.15) is 0 Å². The van der Waals surface area contributed by atoms with E-state index in [-0.39, 0.29) is 5.41 Å². The maximum absolute atomic E-state index is 5.13. The van der Waals surface area contributed by atoms with Crippen molar-refractivity contribution in [2.45, 2.75) is 19.3 Å². The second-order valence-corrected chi connectivity index (χ2v) is 11.1. The van der Waals surface area contributed by atoms with Crippen LogP contribution in [0, 0.1) is 0 Å². The average Bonchev–Trinajstić information content (AvgIpc) is 3.24. The molecule has 2 heteroatoms. The van der Waals surface area contributed by atoms with E-state index in [9.17, 15) is 0 Å². The summed E-state index contributed by atoms with van der Waals surface area (Å²) >= 11 is 0. The van der Waals surface area contributed by atoms with E-state index < -0.39 is 0 Å². The van der Waals surface area contributed by atoms with Crippen LogP contribution in [-0.2, 0) is 5.41 Å². The third-order valence-corrected chi connectivity index (χ3v) is 8.45. The summed E-state index contributed by atoms with van der Waals surface area (Å²) in [5.74, 6) is 0. The molecule has 1 aliphatic rings. The van der Waals surface area contributed by atoms with Gasteiger partial charge in [-0.3, -0.25) is 4.98 Å². The Labute approximate surface area is 227 Å². The summed E-state index contributed by atoms with van der Waals surface area (Å²) in [5.41, 5.74) is 11.9. The molecule has 2 heterocycles. The van der Waals surface area contributed by atoms with Crippen molar-refractivity contribution in [1.82, 2.24) is 9.97 Å². The lowest BCUT2D eigenvalue weighted by Gasteiger charge is -2.24. The molecule has 0 bridgehead atoms. The minimum Gasteiger partial charge on any atom is -0.254 e. The lowest BCUT2D eigenvalue weighted by atomic mass is 9.79. The zero-order chi connectivity index (χ0) is 26.1. The highest BCUT2D eigenvalue weighted by Crippen LogP contribution is 2.54. The molecule has 0 amide bonds. The first-order valence-corrected chi connectivity index (χ1v) is 13.5. The number of hydrogen-bond acceptors (Lipinski definition) is 2. The first-order chi connectivity index (χ1) is 19.1. The Hall–Kier alpha value is -4.82. The monoisotopic (exact) mass is 498 g/mol. The predicted octanol–water partition coefficient (Wildman–Crippen LogP) is 9.58. The minimum atomic E-state index is -0.0763. The summed E-state index contributed by atoms with van der Waals surface area (Å²) in [4.78, 5) is 9.78. The maximum Gasteiger partial charge on any atom is 0.0972 e. The summed E-state index contributed by atoms with van der Waals surface area (Å²) in [7, 11) is 0. The van der Waals surface area contributed by atoms with Gasteiger partial charge in [0.15, 0.2) is 0 Å². The second kappa shape index (κ2) is 8.09. The van der Waals surface area contributed by atoms with Gasteiger partial charge in [0.2, 0.25) is 0 Å². The van der Waals surface area contributed by atoms with E-state index in [1.165, 1.54) is 44.2 Å². The fourth-order valence-electron chi connectivity index (χ4n) is 6.62. The molecule has 0 unspecified atom stereocenters. The van der Waals surface area contributed by atoms with E-state index in [0.29, 0.717) is 0 Å². The Kier molecular flexibility index (Phi) is 4.60. The van der Waals surface area contributed by atoms with E-state index in [1.54, 1.807) is 0 Å². The van der Waals surface area contributed by atoms with Gasteiger partial charge in [-0.1, -0.05) is 105 Å². The van der Waals surface area contributed by atoms with Gasteiger partial charge in [-0.25, -0.2) is 4.98 Å². The van der Waals surface area contributed by atoms with Crippen LogP contribution >= 0.6 is 0 Å². The number of benzene rings is 5. The van der Waals surface area contributed by atoms with Crippen LogP contribution < -0.4 is 0 Å². The molecule has 8 rings (SSSR count). The minimum absolute atomic E-state index is 0.0763. The summed E-state index contributed by atoms with van der Waals surface area (Å²) in [6, 6.07) is 41.5. The zero-order valence-corrected chi connectivity index (χ0v) is 21.9. The molecule has 39 heavy (non-hydrogen) atoms. The average molecular weight is 499 g/mol. The number of rotatable bonds is 2. The van der Waals surface area contributed by atoms with Crippen LogP contribution in [-0.4, -0.2) is 9.97 Å². The molecular formula is C37H26N2. The van der Waals surface area contributed by atoms with E-state index in [2.05, 4.69) is 128 Å². The second-order valence-electron chi connectivity index (χ2n) is 11.1. The van der Waals surface area contributed by atoms with Gasteiger partial charge < -0.3 is 0 Å². The molecule has 7 aromatic rings. The number of hydrogen-bond donors (Lipinski definition) is 0. The molecule has 1 aliphatic carbocycles. The molecule has 0 atom stereocenters. The smallest absolute Gasteiger partial charge is 0.0972 e. The fourth-order valence-corrected chi connectivity index (χ4v) is 6.62. The topological polar surface area (TPSA) is 25.8 Å². The normalized spacial score (nSPS) is 13.6. The molecule has 0 saturated heterocycles. The maximum atomic E-state index is 5.13. The summed E-state index contributed by atoms with van der Waals surface area (Å²) in [6.07, 6.45) is 1.84. The lowest BCUT2D eigenvalue weighted by molar-refractivity contribution is 0.666. The number of fused-ring (bicyclic) bond motifs is 8. The molecule has 0 fully saturated rings. The molecule has 0 aliphatic heterocycles. The Balaban J connectivity index is 1.37. The summed E-state index contributed by atoms with van der Waals surface area (Å²) in [6.45, 7) is 4.73. The van der Waals surface area contributed by atoms with E-state index in [4.69, 9.17) is 4.98 Å². The van der Waals surface area contributed by atoms with Crippen LogP contribution in [0.1, 0.15) is 25.0 Å². The first kappa shape index (κ1) is 22.2. The molecule has 5 aromatic carbocycles. The van der Waals surface area contributed by atoms with Gasteiger partial charge in [-0.05, 0) is 68.4 Å². The van der Waals surface area contributed by atoms with Crippen molar-refractivity contribution in [3.63, 3.8) is 0 Å². The Bertz CT molecular complexity index is 2100. The number of pyridine rings is 2. The molecule has 0 N–H and O–H groups in total. The predicted molar refractivity (Wildman–Crippen MR) is 163 cm³/mol. The van der Waals surface area contributed by atoms with Gasteiger partial charge in [0, 0.05) is 27.9 Å². The van der Waals surface area contributed by atoms with Gasteiger partial charge in [-0.15, -0.1) is 0 Å². The van der Waals surface area contributed by atoms with Gasteiger partial charge in [0.05, 0.1) is 16.7 Å². The van der Waals surface area contributed by atoms with Gasteiger partial charge in [-0.2, -0.15) is 0 Å². The highest BCUT2D eigenvalue weighted by Gasteiger charge is 2.38. The highest BCUT2D eigenvalue weighted by molar-refractivity contribution is 6.05. The number of aromatic nitrogens is 2. The molecule has 2 nitrogen and oxygen atoms in total. The quantitative estimate of drug-likeness (QED) is 0.222. The molecular weight excluding hydrogens is 472 g/mol. The Morgan fingerprint density at radius 2 is 1.31 bits per heavy atom. The molecule has 0 spiro atoms. The van der Waals surface area contributed by atoms with Gasteiger partial charge in [0.25, 0.3) is 0 Å². The lowest BCUT2D eigenvalue weighted by Crippen LogP contribution is -2.15. The van der Waals surface area contributed by atoms with Crippen molar-refractivity contribution in [2.24, 2.45) is 0 Å². The van der Waals surface area contributed by atoms with Gasteiger partial charge >= 0.3 is 0 Å². The third-order valence-electron chi connectivity index (χ3n) is 8.45. The van der Waals surface area contributed by atoms with Crippen molar-refractivity contribution in [2.75, 3.05) is 0 Å². The van der Waals surface area contributed by atoms with E-state index >= 15 is 0 Å². The summed E-state index contributed by atoms with van der Waals surface area (Å²) < 4.78 is 0. The largest absolute Gasteiger partial charge is 0.254 e. The van der Waals surface area contributed by atoms with Crippen LogP contribution in [0.4, 0.5) is 0 Å². The van der Waals surface area contributed by atoms with Crippen molar-refractivity contribution < 1.29 is 0 Å². The highest BCUT2D eigenvalue weighted by atomic mass is 14.7. The van der Waals surface area contributed by atoms with E-state index in [1.807, 2.05) is 12.3 Å². The summed E-state index contributed by atoms with van der Waals surface area (Å²) in [5, 5.41) is 4.83. The molecule has 184 valence electrons. The Morgan fingerprint density at radius 1 is 0.564 bits per heavy atom. The fraction of sp³-hybridized carbons (Fsp3) is 0.0811. The molecule has 0 radical (unpaired) electrons. The van der Waals surface area contributed by atoms with Crippen molar-refractivity contribution in [1.29, 1.82) is 0 Å². The van der Waals surface area contributed by atoms with Crippen LogP contribution in [0.3, 0.4) is 0 Å². The zero-order valence-electron chi connectivity index (χ0n) is 21.9. The van der Waals surface area contributed by atoms with Crippen LogP contribution in [0.25, 0.3) is 66.1 Å². The molecule has 2 aromatic heterocycles. The SMILES string of the molecule is CC1(C)c2ccccc2-c2c(-c3cccc(-c4ccc5ccc6cccnc6c5n4)c3)cc3ccccc3c21. The van der Waals surface area contributed by atoms with Crippen LogP contribution in [0.15, 0.2) is 121 Å². The van der Waals surface area contributed by atoms with Crippen molar-refractivity contribution in [3.8, 4) is 33.5 Å². The van der Waals surface area contributed by atoms with Crippen LogP contribution in [0.5, 0.6) is 0 Å². The van der Waals surface area contributed by atoms with E-state index in [0.717, 1.165) is 33.1 Å². The third kappa shape index (κ3) is 3.21. The van der Waals surface area contributed by atoms with Crippen molar-refractivity contribution in [3.05, 3.63) is 133 Å². The standard InChI is InChI=1S/C37H26N2/c1-37(2)31-15-6-5-14-29(31)33-30(22-26-9-3-4-13-28(26)34(33)37)25-10-7-11-27(21-25)32-19-18-24-17-16-23-12-8-20-38-35(23)36(24)39-32/h3-22H,1-2H3. The van der Waals surface area contributed by atoms with Crippen LogP contribution in [0.2, 0.25) is 0 Å². The molecule has 0 saturated carbocycles.